The van der Waals surface area contributed by atoms with Crippen molar-refractivity contribution in [3.8, 4) is 0 Å². The second kappa shape index (κ2) is 5.57. The number of rotatable bonds is 2. The van der Waals surface area contributed by atoms with Crippen LogP contribution in [0.2, 0.25) is 5.02 Å². The monoisotopic (exact) mass is 284 g/mol. The number of benzene rings is 1. The predicted molar refractivity (Wildman–Crippen MR) is 69.5 cm³/mol. The summed E-state index contributed by atoms with van der Waals surface area (Å²) in [5, 5.41) is 2.60. The average Bonchev–Trinajstić information content (AvgIpc) is 2.41. The number of carbonyl (C=O) groups excluding carboxylic acids is 2. The van der Waals surface area contributed by atoms with Crippen molar-refractivity contribution in [2.45, 2.75) is 19.4 Å². The van der Waals surface area contributed by atoms with Crippen LogP contribution in [-0.4, -0.2) is 35.8 Å². The zero-order chi connectivity index (χ0) is 14.0. The molecule has 1 saturated heterocycles. The van der Waals surface area contributed by atoms with Crippen LogP contribution in [0, 0.1) is 5.82 Å². The number of piperazine rings is 1. The SMILES string of the molecule is CCC1C(=O)NCCN1C(=O)c1cccc(Cl)c1F. The van der Waals surface area contributed by atoms with Gasteiger partial charge in [-0.25, -0.2) is 4.39 Å². The summed E-state index contributed by atoms with van der Waals surface area (Å²) < 4.78 is 13.9. The highest BCUT2D eigenvalue weighted by Gasteiger charge is 2.33. The Bertz CT molecular complexity index is 521. The van der Waals surface area contributed by atoms with Gasteiger partial charge in [0.05, 0.1) is 10.6 Å². The van der Waals surface area contributed by atoms with E-state index in [2.05, 4.69) is 5.32 Å². The Labute approximate surface area is 115 Å². The van der Waals surface area contributed by atoms with Gasteiger partial charge in [-0.05, 0) is 18.6 Å². The fourth-order valence-electron chi connectivity index (χ4n) is 2.19. The van der Waals surface area contributed by atoms with E-state index >= 15 is 0 Å². The molecule has 0 saturated carbocycles. The number of amides is 2. The van der Waals surface area contributed by atoms with Crippen LogP contribution in [-0.2, 0) is 4.79 Å². The van der Waals surface area contributed by atoms with E-state index in [1.807, 2.05) is 6.92 Å². The highest BCUT2D eigenvalue weighted by atomic mass is 35.5. The van der Waals surface area contributed by atoms with Crippen molar-refractivity contribution in [1.82, 2.24) is 10.2 Å². The summed E-state index contributed by atoms with van der Waals surface area (Å²) in [5.41, 5.74) is -0.0966. The summed E-state index contributed by atoms with van der Waals surface area (Å²) in [5.74, 6) is -1.44. The lowest BCUT2D eigenvalue weighted by Crippen LogP contribution is -2.57. The van der Waals surface area contributed by atoms with Gasteiger partial charge in [0, 0.05) is 13.1 Å². The van der Waals surface area contributed by atoms with Crippen LogP contribution < -0.4 is 5.32 Å². The summed E-state index contributed by atoms with van der Waals surface area (Å²) in [6.45, 7) is 2.56. The Kier molecular flexibility index (Phi) is 4.04. The number of halogens is 2. The summed E-state index contributed by atoms with van der Waals surface area (Å²) in [7, 11) is 0. The molecule has 1 aliphatic heterocycles. The Morgan fingerprint density at radius 1 is 1.58 bits per heavy atom. The molecule has 0 spiro atoms. The molecule has 2 rings (SSSR count). The van der Waals surface area contributed by atoms with Gasteiger partial charge in [-0.1, -0.05) is 24.6 Å². The molecule has 2 amide bonds. The Hall–Kier alpha value is -1.62. The quantitative estimate of drug-likeness (QED) is 0.901. The Morgan fingerprint density at radius 2 is 2.32 bits per heavy atom. The molecule has 1 fully saturated rings. The van der Waals surface area contributed by atoms with Crippen molar-refractivity contribution in [1.29, 1.82) is 0 Å². The van der Waals surface area contributed by atoms with Gasteiger partial charge < -0.3 is 10.2 Å². The van der Waals surface area contributed by atoms with Crippen LogP contribution in [0.15, 0.2) is 18.2 Å². The van der Waals surface area contributed by atoms with Crippen LogP contribution >= 0.6 is 11.6 Å². The predicted octanol–water partition coefficient (Wildman–Crippen LogP) is 1.83. The van der Waals surface area contributed by atoms with Crippen LogP contribution in [0.4, 0.5) is 4.39 Å². The number of nitrogens with one attached hydrogen (secondary N) is 1. The minimum atomic E-state index is -0.741. The molecule has 1 aromatic rings. The number of hydrogen-bond donors (Lipinski definition) is 1. The first kappa shape index (κ1) is 13.8. The molecule has 0 aliphatic carbocycles. The molecule has 0 bridgehead atoms. The third-order valence-corrected chi connectivity index (χ3v) is 3.45. The zero-order valence-electron chi connectivity index (χ0n) is 10.5. The van der Waals surface area contributed by atoms with E-state index in [9.17, 15) is 14.0 Å². The molecule has 1 N–H and O–H groups in total. The highest BCUT2D eigenvalue weighted by Crippen LogP contribution is 2.21. The number of hydrogen-bond acceptors (Lipinski definition) is 2. The van der Waals surface area contributed by atoms with Gasteiger partial charge >= 0.3 is 0 Å². The molecule has 19 heavy (non-hydrogen) atoms. The fourth-order valence-corrected chi connectivity index (χ4v) is 2.36. The lowest BCUT2D eigenvalue weighted by atomic mass is 10.1. The fraction of sp³-hybridized carbons (Fsp3) is 0.385. The molecule has 0 aromatic heterocycles. The first-order valence-electron chi connectivity index (χ1n) is 6.09. The number of carbonyl (C=O) groups is 2. The highest BCUT2D eigenvalue weighted by molar-refractivity contribution is 6.31. The van der Waals surface area contributed by atoms with Gasteiger partial charge in [0.2, 0.25) is 5.91 Å². The third-order valence-electron chi connectivity index (χ3n) is 3.16. The molecular weight excluding hydrogens is 271 g/mol. The Morgan fingerprint density at radius 3 is 3.00 bits per heavy atom. The minimum Gasteiger partial charge on any atom is -0.353 e. The normalized spacial score (nSPS) is 19.2. The van der Waals surface area contributed by atoms with Gasteiger partial charge in [0.1, 0.15) is 6.04 Å². The van der Waals surface area contributed by atoms with E-state index < -0.39 is 17.8 Å². The molecule has 0 radical (unpaired) electrons. The van der Waals surface area contributed by atoms with Gasteiger partial charge in [-0.15, -0.1) is 0 Å². The molecule has 1 heterocycles. The van der Waals surface area contributed by atoms with E-state index in [4.69, 9.17) is 11.6 Å². The molecule has 1 aromatic carbocycles. The van der Waals surface area contributed by atoms with Crippen molar-refractivity contribution in [3.05, 3.63) is 34.6 Å². The van der Waals surface area contributed by atoms with Crippen LogP contribution in [0.3, 0.4) is 0 Å². The van der Waals surface area contributed by atoms with E-state index in [1.165, 1.54) is 23.1 Å². The van der Waals surface area contributed by atoms with E-state index in [0.717, 1.165) is 0 Å². The largest absolute Gasteiger partial charge is 0.353 e. The summed E-state index contributed by atoms with van der Waals surface area (Å²) in [4.78, 5) is 25.4. The maximum Gasteiger partial charge on any atom is 0.257 e. The van der Waals surface area contributed by atoms with Crippen molar-refractivity contribution >= 4 is 23.4 Å². The van der Waals surface area contributed by atoms with Crippen LogP contribution in [0.25, 0.3) is 0 Å². The number of nitrogens with zero attached hydrogens (tertiary/aromatic N) is 1. The Balaban J connectivity index is 2.32. The van der Waals surface area contributed by atoms with Gasteiger partial charge in [0.25, 0.3) is 5.91 Å². The molecule has 102 valence electrons. The first-order valence-corrected chi connectivity index (χ1v) is 6.46. The molecular formula is C13H14ClFN2O2. The summed E-state index contributed by atoms with van der Waals surface area (Å²) >= 11 is 5.67. The van der Waals surface area contributed by atoms with E-state index in [-0.39, 0.29) is 16.5 Å². The topological polar surface area (TPSA) is 49.4 Å². The van der Waals surface area contributed by atoms with E-state index in [1.54, 1.807) is 0 Å². The van der Waals surface area contributed by atoms with E-state index in [0.29, 0.717) is 19.5 Å². The smallest absolute Gasteiger partial charge is 0.257 e. The molecule has 6 heteroatoms. The van der Waals surface area contributed by atoms with Crippen LogP contribution in [0.5, 0.6) is 0 Å². The second-order valence-electron chi connectivity index (χ2n) is 4.31. The average molecular weight is 285 g/mol. The molecule has 4 nitrogen and oxygen atoms in total. The maximum atomic E-state index is 13.9. The van der Waals surface area contributed by atoms with Crippen LogP contribution in [0.1, 0.15) is 23.7 Å². The van der Waals surface area contributed by atoms with Crippen molar-refractivity contribution < 1.29 is 14.0 Å². The zero-order valence-corrected chi connectivity index (χ0v) is 11.2. The van der Waals surface area contributed by atoms with Gasteiger partial charge in [-0.3, -0.25) is 9.59 Å². The molecule has 1 atom stereocenters. The summed E-state index contributed by atoms with van der Waals surface area (Å²) in [6.07, 6.45) is 0.486. The maximum absolute atomic E-state index is 13.9. The standard InChI is InChI=1S/C13H14ClFN2O2/c1-2-10-12(18)16-6-7-17(10)13(19)8-4-3-5-9(14)11(8)15/h3-5,10H,2,6-7H2,1H3,(H,16,18). The van der Waals surface area contributed by atoms with Crippen molar-refractivity contribution in [2.75, 3.05) is 13.1 Å². The molecule has 1 aliphatic rings. The molecule has 1 unspecified atom stereocenters. The lowest BCUT2D eigenvalue weighted by molar-refractivity contribution is -0.127. The first-order chi connectivity index (χ1) is 9.06. The van der Waals surface area contributed by atoms with Crippen molar-refractivity contribution in [3.63, 3.8) is 0 Å². The third kappa shape index (κ3) is 2.56. The minimum absolute atomic E-state index is 0.0966. The second-order valence-corrected chi connectivity index (χ2v) is 4.72. The van der Waals surface area contributed by atoms with Crippen molar-refractivity contribution in [2.24, 2.45) is 0 Å². The lowest BCUT2D eigenvalue weighted by Gasteiger charge is -2.34. The van der Waals surface area contributed by atoms with Gasteiger partial charge in [-0.2, -0.15) is 0 Å². The summed E-state index contributed by atoms with van der Waals surface area (Å²) in [6, 6.07) is 3.72. The van der Waals surface area contributed by atoms with Gasteiger partial charge in [0.15, 0.2) is 5.82 Å².